The fourth-order valence-electron chi connectivity index (χ4n) is 3.51. The van der Waals surface area contributed by atoms with Gasteiger partial charge in [0.15, 0.2) is 6.10 Å². The number of rotatable bonds is 11. The number of ether oxygens (including phenoxy) is 2. The van der Waals surface area contributed by atoms with Crippen LogP contribution in [0, 0.1) is 6.92 Å². The average Bonchev–Trinajstić information content (AvgIpc) is 2.73. The zero-order valence-corrected chi connectivity index (χ0v) is 34.5. The van der Waals surface area contributed by atoms with E-state index in [1.165, 1.54) is 13.0 Å². The summed E-state index contributed by atoms with van der Waals surface area (Å²) >= 11 is 0. The van der Waals surface area contributed by atoms with Crippen LogP contribution in [-0.2, 0) is 63.1 Å². The second kappa shape index (κ2) is 18.6. The molecule has 1 fully saturated rings. The summed E-state index contributed by atoms with van der Waals surface area (Å²) in [5, 5.41) is 0.367. The van der Waals surface area contributed by atoms with Crippen molar-refractivity contribution in [3.8, 4) is 5.75 Å². The van der Waals surface area contributed by atoms with Crippen LogP contribution in [0.25, 0.3) is 11.0 Å². The van der Waals surface area contributed by atoms with E-state index in [0.717, 1.165) is 18.2 Å². The molecular weight excluding hydrogens is 732 g/mol. The summed E-state index contributed by atoms with van der Waals surface area (Å²) in [6, 6.07) is 4.59. The van der Waals surface area contributed by atoms with Gasteiger partial charge in [-0.1, -0.05) is 0 Å². The van der Waals surface area contributed by atoms with Gasteiger partial charge in [-0.05, 0) is 24.6 Å². The maximum atomic E-state index is 11.7. The maximum Gasteiger partial charge on any atom is 1.00 e. The van der Waals surface area contributed by atoms with Gasteiger partial charge in [-0.2, -0.15) is 0 Å². The number of aryl methyl sites for hydroxylation is 1. The Morgan fingerprint density at radius 2 is 1.23 bits per heavy atom. The molecule has 28 heteroatoms. The molecule has 0 spiro atoms. The van der Waals surface area contributed by atoms with Crippen molar-refractivity contribution in [2.45, 2.75) is 37.6 Å². The van der Waals surface area contributed by atoms with Crippen LogP contribution < -0.4 is 129 Å². The summed E-state index contributed by atoms with van der Waals surface area (Å²) in [6.07, 6.45) is -13.3. The minimum Gasteiger partial charge on any atom is -0.726 e. The molecule has 1 saturated heterocycles. The molecule has 1 aliphatic rings. The van der Waals surface area contributed by atoms with Gasteiger partial charge >= 0.3 is 124 Å². The van der Waals surface area contributed by atoms with Crippen molar-refractivity contribution in [3.05, 3.63) is 40.2 Å². The fourth-order valence-corrected chi connectivity index (χ4v) is 5.28. The fraction of sp³-hybridized carbons (Fsp3) is 0.438. The molecule has 226 valence electrons. The first-order valence-corrected chi connectivity index (χ1v) is 15.3. The van der Waals surface area contributed by atoms with Crippen LogP contribution in [0.15, 0.2) is 33.5 Å². The molecule has 0 bridgehead atoms. The van der Waals surface area contributed by atoms with E-state index in [9.17, 15) is 56.7 Å². The molecule has 0 N–H and O–H groups in total. The molecule has 20 nitrogen and oxygen atoms in total. The molecule has 1 aromatic heterocycles. The molecule has 44 heavy (non-hydrogen) atoms. The SMILES string of the molecule is Cc1cc(=O)oc2cc(O[C@@H]3O[C@H](COS(=O)(=O)[O-])[C@@H](OS(=O)(=O)[O-])[C@H](OS(=O)(=O)[O-])[C@H]3OS(=O)(=O)[O-])ccc12.[Na+].[Na+].[Na+].[Na+]. The van der Waals surface area contributed by atoms with E-state index in [-0.39, 0.29) is 124 Å². The van der Waals surface area contributed by atoms with Crippen molar-refractivity contribution in [1.82, 2.24) is 0 Å². The molecule has 3 rings (SSSR count). The zero-order chi connectivity index (χ0) is 30.3. The molecule has 1 aromatic carbocycles. The minimum absolute atomic E-state index is 0. The smallest absolute Gasteiger partial charge is 0.726 e. The second-order valence-electron chi connectivity index (χ2n) is 7.67. The number of hydrogen-bond donors (Lipinski definition) is 0. The van der Waals surface area contributed by atoms with E-state index in [1.807, 2.05) is 0 Å². The van der Waals surface area contributed by atoms with E-state index in [1.54, 1.807) is 0 Å². The maximum absolute atomic E-state index is 11.7. The third kappa shape index (κ3) is 15.5. The van der Waals surface area contributed by atoms with E-state index in [2.05, 4.69) is 16.7 Å². The minimum atomic E-state index is -5.99. The standard InChI is InChI=1S/C16H18O20S4.4Na/c1-7-4-12(17)32-10-5-8(2-3-9(7)10)31-16-15(36-40(27,28)29)14(35-39(24,25)26)13(34-38(21,22)23)11(33-16)6-30-37(18,19)20;;;;/h2-5,11,13-16H,6H2,1H3,(H,18,19,20)(H,21,22,23)(H,24,25,26)(H,27,28,29);;;;/q;4*+1/p-4/t11-,13-,14+,15-,16-;;;;/m1..../s1. The Balaban J connectivity index is 0. The Bertz CT molecular complexity index is 1760. The van der Waals surface area contributed by atoms with Crippen LogP contribution in [0.3, 0.4) is 0 Å². The second-order valence-corrected chi connectivity index (χ2v) is 11.7. The van der Waals surface area contributed by atoms with Gasteiger partial charge < -0.3 is 32.1 Å². The van der Waals surface area contributed by atoms with Gasteiger partial charge in [0, 0.05) is 17.5 Å². The molecule has 2 heterocycles. The normalized spacial score (nSPS) is 22.4. The van der Waals surface area contributed by atoms with Crippen molar-refractivity contribution in [2.24, 2.45) is 0 Å². The topological polar surface area (TPSA) is 314 Å². The molecular formula is C16H14Na4O20S4. The first kappa shape index (κ1) is 47.8. The van der Waals surface area contributed by atoms with E-state index in [0.29, 0.717) is 10.9 Å². The Morgan fingerprint density at radius 3 is 1.73 bits per heavy atom. The Kier molecular flexibility index (Phi) is 20.2. The van der Waals surface area contributed by atoms with Gasteiger partial charge in [-0.25, -0.2) is 38.5 Å². The van der Waals surface area contributed by atoms with Crippen LogP contribution in [-0.4, -0.2) is 89.2 Å². The number of hydrogen-bond acceptors (Lipinski definition) is 20. The molecule has 2 aromatic rings. The molecule has 0 radical (unpaired) electrons. The molecule has 0 amide bonds. The van der Waals surface area contributed by atoms with Crippen LogP contribution in [0.1, 0.15) is 5.56 Å². The summed E-state index contributed by atoms with van der Waals surface area (Å²) in [5.74, 6) is -0.404. The van der Waals surface area contributed by atoms with Crippen molar-refractivity contribution in [1.29, 1.82) is 0 Å². The van der Waals surface area contributed by atoms with Crippen molar-refractivity contribution in [3.63, 3.8) is 0 Å². The van der Waals surface area contributed by atoms with Crippen LogP contribution in [0.5, 0.6) is 5.75 Å². The third-order valence-corrected chi connectivity index (χ3v) is 6.63. The van der Waals surface area contributed by atoms with Crippen LogP contribution >= 0.6 is 0 Å². The summed E-state index contributed by atoms with van der Waals surface area (Å²) in [4.78, 5) is 11.7. The van der Waals surface area contributed by atoms with Crippen molar-refractivity contribution in [2.75, 3.05) is 6.61 Å². The summed E-state index contributed by atoms with van der Waals surface area (Å²) in [7, 11) is -23.4. The van der Waals surface area contributed by atoms with Gasteiger partial charge in [-0.3, -0.25) is 16.7 Å². The average molecular weight is 746 g/mol. The molecule has 0 aliphatic carbocycles. The first-order chi connectivity index (χ1) is 18.1. The summed E-state index contributed by atoms with van der Waals surface area (Å²) < 4.78 is 167. The predicted molar refractivity (Wildman–Crippen MR) is 116 cm³/mol. The van der Waals surface area contributed by atoms with E-state index in [4.69, 9.17) is 13.9 Å². The Morgan fingerprint density at radius 1 is 0.727 bits per heavy atom. The molecule has 0 unspecified atom stereocenters. The van der Waals surface area contributed by atoms with Crippen molar-refractivity contribution >= 4 is 52.6 Å². The van der Waals surface area contributed by atoms with Crippen LogP contribution in [0.2, 0.25) is 0 Å². The predicted octanol–water partition coefficient (Wildman–Crippen LogP) is -14.8. The third-order valence-electron chi connectivity index (χ3n) is 4.83. The van der Waals surface area contributed by atoms with Crippen molar-refractivity contribution < 1.29 is 201 Å². The van der Waals surface area contributed by atoms with E-state index < -0.39 is 90.3 Å². The van der Waals surface area contributed by atoms with Gasteiger partial charge in [0.05, 0.1) is 6.61 Å². The van der Waals surface area contributed by atoms with Crippen LogP contribution in [0.4, 0.5) is 0 Å². The zero-order valence-electron chi connectivity index (χ0n) is 23.2. The monoisotopic (exact) mass is 746 g/mol. The first-order valence-electron chi connectivity index (χ1n) is 9.99. The summed E-state index contributed by atoms with van der Waals surface area (Å²) in [5.41, 5.74) is -0.494. The summed E-state index contributed by atoms with van der Waals surface area (Å²) in [6.45, 7) is -0.0234. The number of benzene rings is 1. The van der Waals surface area contributed by atoms with Gasteiger partial charge in [0.1, 0.15) is 29.6 Å². The van der Waals surface area contributed by atoms with Gasteiger partial charge in [0.2, 0.25) is 47.9 Å². The molecule has 5 atom stereocenters. The Labute approximate surface area is 338 Å². The van der Waals surface area contributed by atoms with Gasteiger partial charge in [-0.15, -0.1) is 0 Å². The Hall–Kier alpha value is 1.67. The molecule has 1 aliphatic heterocycles. The van der Waals surface area contributed by atoms with Gasteiger partial charge in [0.25, 0.3) is 0 Å². The largest absolute Gasteiger partial charge is 1.00 e. The van der Waals surface area contributed by atoms with E-state index >= 15 is 0 Å². The number of fused-ring (bicyclic) bond motifs is 1. The molecule has 0 saturated carbocycles. The quantitative estimate of drug-likeness (QED) is 0.0891.